The number of cyclic esters (lactones) is 1. The number of phenolic OH excluding ortho intramolecular Hbond substituents is 1. The molecule has 1 saturated carbocycles. The van der Waals surface area contributed by atoms with Gasteiger partial charge < -0.3 is 39.4 Å². The number of phenols is 1. The summed E-state index contributed by atoms with van der Waals surface area (Å²) in [6.45, 7) is 10.6. The summed E-state index contributed by atoms with van der Waals surface area (Å²) in [6, 6.07) is 16.5. The van der Waals surface area contributed by atoms with Crippen LogP contribution in [-0.4, -0.2) is 110 Å². The summed E-state index contributed by atoms with van der Waals surface area (Å²) in [6.07, 6.45) is 5.32. The smallest absolute Gasteiger partial charge is 0.343 e. The Kier molecular flexibility index (Phi) is 12.1. The van der Waals surface area contributed by atoms with Gasteiger partial charge in [0.2, 0.25) is 0 Å². The Bertz CT molecular complexity index is 2860. The molecule has 2 saturated heterocycles. The number of benzene rings is 2. The van der Waals surface area contributed by atoms with Gasteiger partial charge in [0.25, 0.3) is 11.5 Å². The van der Waals surface area contributed by atoms with Crippen molar-refractivity contribution in [1.29, 1.82) is 5.26 Å². The second-order valence-electron chi connectivity index (χ2n) is 18.7. The van der Waals surface area contributed by atoms with Gasteiger partial charge in [0.1, 0.15) is 24.2 Å². The molecule has 67 heavy (non-hydrogen) atoms. The Hall–Kier alpha value is -6.12. The van der Waals surface area contributed by atoms with Crippen LogP contribution in [0.1, 0.15) is 95.7 Å². The first-order valence-corrected chi connectivity index (χ1v) is 23.8. The van der Waals surface area contributed by atoms with E-state index in [4.69, 9.17) is 26.1 Å². The predicted molar refractivity (Wildman–Crippen MR) is 250 cm³/mol. The molecule has 1 atom stereocenters. The first kappa shape index (κ1) is 44.7. The Morgan fingerprint density at radius 2 is 1.75 bits per heavy atom. The lowest BCUT2D eigenvalue weighted by atomic mass is 9.86. The number of nitrogens with zero attached hydrogens (tertiary/aromatic N) is 8. The Balaban J connectivity index is 0.687. The van der Waals surface area contributed by atoms with E-state index in [1.165, 1.54) is 0 Å². The van der Waals surface area contributed by atoms with Gasteiger partial charge >= 0.3 is 5.97 Å². The number of ether oxygens (including phenoxy) is 2. The van der Waals surface area contributed by atoms with Crippen LogP contribution in [0.15, 0.2) is 53.3 Å². The lowest BCUT2D eigenvalue weighted by molar-refractivity contribution is -0.172. The summed E-state index contributed by atoms with van der Waals surface area (Å²) >= 11 is 6.33. The number of anilines is 1. The fourth-order valence-corrected chi connectivity index (χ4v) is 10.8. The average Bonchev–Trinajstić information content (AvgIpc) is 3.71. The van der Waals surface area contributed by atoms with Crippen LogP contribution in [0.2, 0.25) is 5.02 Å². The third-order valence-electron chi connectivity index (χ3n) is 14.7. The van der Waals surface area contributed by atoms with Gasteiger partial charge in [-0.1, -0.05) is 18.5 Å². The molecule has 3 N–H and O–H groups in total. The number of amides is 1. The molecule has 1 aliphatic carbocycles. The number of aromatic nitrogens is 4. The molecule has 5 aromatic rings. The third-order valence-corrected chi connectivity index (χ3v) is 15.2. The van der Waals surface area contributed by atoms with Gasteiger partial charge in [-0.2, -0.15) is 5.26 Å². The standard InChI is InChI=1S/C50H54ClN9O7/c1-3-50(65)38-23-41-46-32(26-60(41)48(63)37(38)28-66-49(50)64)22-35-36(42(61)11-9-39(35)54-46)27-58-20-18-57(19-21-58)25-30-14-16-59(17-15-30)44-13-10-40(55-56-44)47(62)53-33-5-7-34(8-6-33)67-43-12-4-31(24-52)45(51)29(43)2/h4,9-13,22-23,30,33-34,61,65H,3,5-8,14-21,25-28H2,1-2H3,(H,53,62)/t33?,34?,50-/m0/s1. The lowest BCUT2D eigenvalue weighted by Gasteiger charge is -2.39. The number of carbonyl (C=O) groups is 2. The molecule has 17 heteroatoms. The van der Waals surface area contributed by atoms with E-state index in [-0.39, 0.29) is 53.5 Å². The number of aromatic hydroxyl groups is 1. The summed E-state index contributed by atoms with van der Waals surface area (Å²) in [5.74, 6) is 1.27. The number of nitrogens with one attached hydrogen (secondary N) is 1. The van der Waals surface area contributed by atoms with Crippen LogP contribution in [0.5, 0.6) is 11.5 Å². The molecule has 0 spiro atoms. The number of pyridine rings is 2. The molecule has 5 aliphatic rings. The first-order valence-electron chi connectivity index (χ1n) is 23.4. The second-order valence-corrected chi connectivity index (χ2v) is 19.1. The molecule has 3 aromatic heterocycles. The Morgan fingerprint density at radius 3 is 2.46 bits per heavy atom. The quantitative estimate of drug-likeness (QED) is 0.144. The molecular weight excluding hydrogens is 874 g/mol. The average molecular weight is 928 g/mol. The molecule has 0 radical (unpaired) electrons. The van der Waals surface area contributed by atoms with Crippen molar-refractivity contribution in [3.05, 3.63) is 103 Å². The van der Waals surface area contributed by atoms with Gasteiger partial charge in [-0.3, -0.25) is 14.5 Å². The van der Waals surface area contributed by atoms with Crippen LogP contribution >= 0.6 is 11.6 Å². The number of hydrogen-bond donors (Lipinski definition) is 3. The van der Waals surface area contributed by atoms with E-state index in [0.29, 0.717) is 57.9 Å². The summed E-state index contributed by atoms with van der Waals surface area (Å²) in [4.78, 5) is 51.6. The molecule has 3 fully saturated rings. The third kappa shape index (κ3) is 8.47. The number of hydrogen-bond acceptors (Lipinski definition) is 14. The van der Waals surface area contributed by atoms with E-state index in [2.05, 4.69) is 36.3 Å². The van der Waals surface area contributed by atoms with Crippen LogP contribution < -0.4 is 20.5 Å². The summed E-state index contributed by atoms with van der Waals surface area (Å²) in [7, 11) is 0. The van der Waals surface area contributed by atoms with Crippen molar-refractivity contribution in [2.75, 3.05) is 50.7 Å². The van der Waals surface area contributed by atoms with Crippen LogP contribution in [0.3, 0.4) is 0 Å². The van der Waals surface area contributed by atoms with Crippen molar-refractivity contribution in [2.24, 2.45) is 5.92 Å². The fraction of sp³-hybridized carbons (Fsp3) is 0.460. The zero-order valence-electron chi connectivity index (χ0n) is 37.8. The van der Waals surface area contributed by atoms with E-state index in [1.807, 2.05) is 19.1 Å². The summed E-state index contributed by atoms with van der Waals surface area (Å²) in [5.41, 5.74) is 3.43. The highest BCUT2D eigenvalue weighted by molar-refractivity contribution is 6.32. The van der Waals surface area contributed by atoms with Crippen molar-refractivity contribution in [1.82, 2.24) is 34.9 Å². The van der Waals surface area contributed by atoms with Crippen molar-refractivity contribution in [2.45, 2.75) is 96.2 Å². The van der Waals surface area contributed by atoms with Crippen molar-refractivity contribution in [3.8, 4) is 29.0 Å². The minimum absolute atomic E-state index is 0.0121. The Labute approximate surface area is 393 Å². The van der Waals surface area contributed by atoms with E-state index in [1.54, 1.807) is 47.9 Å². The van der Waals surface area contributed by atoms with Gasteiger partial charge in [-0.15, -0.1) is 10.2 Å². The largest absolute Gasteiger partial charge is 0.508 e. The fourth-order valence-electron chi connectivity index (χ4n) is 10.6. The zero-order chi connectivity index (χ0) is 46.6. The Morgan fingerprint density at radius 1 is 0.985 bits per heavy atom. The highest BCUT2D eigenvalue weighted by atomic mass is 35.5. The molecule has 16 nitrogen and oxygen atoms in total. The van der Waals surface area contributed by atoms with Gasteiger partial charge in [0.05, 0.1) is 45.7 Å². The minimum Gasteiger partial charge on any atom is -0.508 e. The summed E-state index contributed by atoms with van der Waals surface area (Å²) in [5, 5.41) is 44.8. The topological polar surface area (TPSA) is 199 Å². The monoisotopic (exact) mass is 927 g/mol. The van der Waals surface area contributed by atoms with E-state index in [0.717, 1.165) is 112 Å². The maximum absolute atomic E-state index is 13.7. The van der Waals surface area contributed by atoms with Gasteiger partial charge in [0.15, 0.2) is 17.1 Å². The molecule has 7 heterocycles. The van der Waals surface area contributed by atoms with Crippen molar-refractivity contribution in [3.63, 3.8) is 0 Å². The maximum Gasteiger partial charge on any atom is 0.343 e. The van der Waals surface area contributed by atoms with E-state index < -0.39 is 11.6 Å². The summed E-state index contributed by atoms with van der Waals surface area (Å²) < 4.78 is 13.1. The van der Waals surface area contributed by atoms with Gasteiger partial charge in [-0.05, 0) is 106 Å². The number of rotatable bonds is 10. The molecule has 10 rings (SSSR count). The van der Waals surface area contributed by atoms with Crippen molar-refractivity contribution < 1.29 is 29.3 Å². The number of piperazine rings is 1. The number of esters is 1. The van der Waals surface area contributed by atoms with E-state index in [9.17, 15) is 29.9 Å². The molecule has 348 valence electrons. The van der Waals surface area contributed by atoms with Gasteiger partial charge in [0, 0.05) is 86.0 Å². The molecule has 0 unspecified atom stereocenters. The molecular formula is C50H54ClN9O7. The molecule has 1 amide bonds. The number of fused-ring (bicyclic) bond motifs is 5. The van der Waals surface area contributed by atoms with Crippen molar-refractivity contribution >= 4 is 40.2 Å². The normalized spacial score (nSPS) is 22.1. The minimum atomic E-state index is -1.89. The molecule has 2 aromatic carbocycles. The zero-order valence-corrected chi connectivity index (χ0v) is 38.5. The van der Waals surface area contributed by atoms with Crippen LogP contribution in [-0.2, 0) is 34.8 Å². The SMILES string of the molecule is CC[C@@]1(O)C(=O)OCc2c1cc1n(c2=O)Cc2cc3c(CN4CCN(CC5CCN(c6ccc(C(=O)NC7CCC(Oc8ccc(C#N)c(Cl)c8C)CC7)nn6)CC5)CC4)c(O)ccc3nc2-1. The van der Waals surface area contributed by atoms with Crippen LogP contribution in [0.4, 0.5) is 5.82 Å². The van der Waals surface area contributed by atoms with E-state index >= 15 is 0 Å². The lowest BCUT2D eigenvalue weighted by Crippen LogP contribution is -2.48. The van der Waals surface area contributed by atoms with Crippen LogP contribution in [0, 0.1) is 24.2 Å². The van der Waals surface area contributed by atoms with Gasteiger partial charge in [-0.25, -0.2) is 9.78 Å². The first-order chi connectivity index (χ1) is 32.4. The second kappa shape index (κ2) is 18.2. The molecule has 0 bridgehead atoms. The number of nitriles is 1. The number of carbonyl (C=O) groups excluding carboxylic acids is 2. The predicted octanol–water partition coefficient (Wildman–Crippen LogP) is 5.56. The van der Waals surface area contributed by atoms with Crippen LogP contribution in [0.25, 0.3) is 22.3 Å². The molecule has 4 aliphatic heterocycles. The maximum atomic E-state index is 13.7. The highest BCUT2D eigenvalue weighted by Crippen LogP contribution is 2.40. The highest BCUT2D eigenvalue weighted by Gasteiger charge is 2.45. The number of aliphatic hydroxyl groups is 1. The number of halogens is 1. The number of piperidine rings is 1.